The van der Waals surface area contributed by atoms with Crippen LogP contribution in [0.1, 0.15) is 45.4 Å². The number of hydrogen-bond acceptors (Lipinski definition) is 8. The van der Waals surface area contributed by atoms with Gasteiger partial charge in [-0.05, 0) is 42.3 Å². The van der Waals surface area contributed by atoms with E-state index >= 15 is 0 Å². The highest BCUT2D eigenvalue weighted by Gasteiger charge is 2.43. The number of halogens is 4. The fourth-order valence-electron chi connectivity index (χ4n) is 4.89. The Labute approximate surface area is 242 Å². The van der Waals surface area contributed by atoms with Gasteiger partial charge in [0.05, 0.1) is 43.9 Å². The van der Waals surface area contributed by atoms with Crippen LogP contribution in [-0.4, -0.2) is 51.8 Å². The first-order valence-corrected chi connectivity index (χ1v) is 13.7. The number of nitrogens with zero attached hydrogens (tertiary/aromatic N) is 5. The fourth-order valence-corrected chi connectivity index (χ4v) is 6.58. The summed E-state index contributed by atoms with van der Waals surface area (Å²) in [5.41, 5.74) is 2.11. The number of ether oxygens (including phenoxy) is 3. The molecule has 3 heterocycles. The molecule has 2 aromatic heterocycles. The Morgan fingerprint density at radius 1 is 1.07 bits per heavy atom. The highest BCUT2D eigenvalue weighted by Crippen LogP contribution is 2.54. The van der Waals surface area contributed by atoms with Crippen molar-refractivity contribution in [2.75, 3.05) is 21.3 Å². The van der Waals surface area contributed by atoms with Crippen molar-refractivity contribution in [1.29, 1.82) is 0 Å². The SMILES string of the molecule is COC(=O)Cc1ccnn1CC[C@@H]1S[C@@H](c2cccc(OC)c2OC)c2cc(Cl)ccc2-n2c1nnc2C(F)(F)F. The quantitative estimate of drug-likeness (QED) is 0.231. The molecule has 0 bridgehead atoms. The number of para-hydroxylation sites is 1. The van der Waals surface area contributed by atoms with Crippen molar-refractivity contribution in [2.45, 2.75) is 36.1 Å². The van der Waals surface area contributed by atoms with Crippen LogP contribution in [0.15, 0.2) is 48.7 Å². The molecule has 0 fully saturated rings. The average molecular weight is 608 g/mol. The van der Waals surface area contributed by atoms with Crippen LogP contribution >= 0.6 is 23.4 Å². The first kappa shape index (κ1) is 28.8. The summed E-state index contributed by atoms with van der Waals surface area (Å²) in [6, 6.07) is 11.8. The minimum absolute atomic E-state index is 0.0102. The monoisotopic (exact) mass is 607 g/mol. The summed E-state index contributed by atoms with van der Waals surface area (Å²) in [7, 11) is 4.33. The van der Waals surface area contributed by atoms with Crippen LogP contribution in [0.3, 0.4) is 0 Å². The summed E-state index contributed by atoms with van der Waals surface area (Å²) < 4.78 is 61.4. The summed E-state index contributed by atoms with van der Waals surface area (Å²) in [6.45, 7) is 0.296. The Hall–Kier alpha value is -3.71. The normalized spacial score (nSPS) is 16.5. The molecule has 5 rings (SSSR count). The van der Waals surface area contributed by atoms with Gasteiger partial charge >= 0.3 is 12.1 Å². The molecule has 0 amide bonds. The maximum atomic E-state index is 14.2. The summed E-state index contributed by atoms with van der Waals surface area (Å²) in [5, 5.41) is 11.2. The van der Waals surface area contributed by atoms with Gasteiger partial charge in [0.25, 0.3) is 0 Å². The third-order valence-electron chi connectivity index (χ3n) is 6.72. The highest BCUT2D eigenvalue weighted by molar-refractivity contribution is 8.00. The number of rotatable bonds is 8. The number of carbonyl (C=O) groups excluding carboxylic acids is 1. The summed E-state index contributed by atoms with van der Waals surface area (Å²) in [5.74, 6) is -0.488. The molecule has 0 saturated heterocycles. The second-order valence-electron chi connectivity index (χ2n) is 9.09. The minimum Gasteiger partial charge on any atom is -0.493 e. The van der Waals surface area contributed by atoms with Crippen molar-refractivity contribution in [1.82, 2.24) is 24.5 Å². The van der Waals surface area contributed by atoms with Crippen LogP contribution in [0.25, 0.3) is 5.69 Å². The second-order valence-corrected chi connectivity index (χ2v) is 10.8. The largest absolute Gasteiger partial charge is 0.493 e. The smallest absolute Gasteiger partial charge is 0.452 e. The lowest BCUT2D eigenvalue weighted by Crippen LogP contribution is -2.17. The van der Waals surface area contributed by atoms with Gasteiger partial charge in [0.2, 0.25) is 5.82 Å². The lowest BCUT2D eigenvalue weighted by Gasteiger charge is -2.24. The van der Waals surface area contributed by atoms with E-state index in [9.17, 15) is 18.0 Å². The second kappa shape index (κ2) is 11.6. The van der Waals surface area contributed by atoms with E-state index in [0.717, 1.165) is 4.57 Å². The molecule has 9 nitrogen and oxygen atoms in total. The first-order valence-electron chi connectivity index (χ1n) is 12.4. The highest BCUT2D eigenvalue weighted by atomic mass is 35.5. The Morgan fingerprint density at radius 2 is 1.88 bits per heavy atom. The van der Waals surface area contributed by atoms with E-state index < -0.39 is 28.5 Å². The number of esters is 1. The number of aryl methyl sites for hydroxylation is 1. The molecule has 2 atom stereocenters. The van der Waals surface area contributed by atoms with Gasteiger partial charge in [-0.1, -0.05) is 23.7 Å². The molecule has 0 N–H and O–H groups in total. The summed E-state index contributed by atoms with van der Waals surface area (Å²) >= 11 is 7.81. The van der Waals surface area contributed by atoms with Crippen LogP contribution < -0.4 is 9.47 Å². The molecule has 216 valence electrons. The molecule has 4 aromatic rings. The molecule has 0 spiro atoms. The van der Waals surface area contributed by atoms with Gasteiger partial charge in [-0.25, -0.2) is 0 Å². The lowest BCUT2D eigenvalue weighted by molar-refractivity contribution is -0.146. The van der Waals surface area contributed by atoms with E-state index in [1.54, 1.807) is 41.2 Å². The van der Waals surface area contributed by atoms with Crippen LogP contribution in [0, 0.1) is 0 Å². The zero-order chi connectivity index (χ0) is 29.3. The van der Waals surface area contributed by atoms with E-state index in [1.807, 2.05) is 6.07 Å². The number of benzene rings is 2. The predicted octanol–water partition coefficient (Wildman–Crippen LogP) is 5.84. The fraction of sp³-hybridized carbons (Fsp3) is 0.333. The summed E-state index contributed by atoms with van der Waals surface area (Å²) in [6.07, 6.45) is -2.87. The summed E-state index contributed by atoms with van der Waals surface area (Å²) in [4.78, 5) is 11.9. The molecule has 0 unspecified atom stereocenters. The molecule has 1 aliphatic rings. The van der Waals surface area contributed by atoms with Crippen LogP contribution in [-0.2, 0) is 28.7 Å². The molecular weight excluding hydrogens is 583 g/mol. The number of fused-ring (bicyclic) bond motifs is 3. The molecule has 41 heavy (non-hydrogen) atoms. The molecule has 0 saturated carbocycles. The molecule has 2 aromatic carbocycles. The predicted molar refractivity (Wildman–Crippen MR) is 146 cm³/mol. The van der Waals surface area contributed by atoms with Crippen molar-refractivity contribution in [3.8, 4) is 17.2 Å². The molecule has 14 heteroatoms. The maximum Gasteiger partial charge on any atom is 0.452 e. The maximum absolute atomic E-state index is 14.2. The molecule has 0 aliphatic carbocycles. The van der Waals surface area contributed by atoms with Gasteiger partial charge in [0, 0.05) is 29.0 Å². The zero-order valence-electron chi connectivity index (χ0n) is 22.2. The number of carbonyl (C=O) groups is 1. The Bertz CT molecular complexity index is 1570. The first-order chi connectivity index (χ1) is 19.7. The number of thioether (sulfide) groups is 1. The zero-order valence-corrected chi connectivity index (χ0v) is 23.8. The van der Waals surface area contributed by atoms with E-state index in [4.69, 9.17) is 25.8 Å². The van der Waals surface area contributed by atoms with E-state index in [0.29, 0.717) is 46.3 Å². The van der Waals surface area contributed by atoms with Gasteiger partial charge in [-0.2, -0.15) is 18.3 Å². The van der Waals surface area contributed by atoms with E-state index in [1.165, 1.54) is 39.2 Å². The van der Waals surface area contributed by atoms with Gasteiger partial charge in [0.1, 0.15) is 0 Å². The third kappa shape index (κ3) is 5.60. The average Bonchev–Trinajstić information content (AvgIpc) is 3.57. The van der Waals surface area contributed by atoms with Crippen molar-refractivity contribution >= 4 is 29.3 Å². The number of aromatic nitrogens is 5. The number of alkyl halides is 3. The van der Waals surface area contributed by atoms with Crippen molar-refractivity contribution in [3.05, 3.63) is 82.2 Å². The van der Waals surface area contributed by atoms with Crippen molar-refractivity contribution in [2.24, 2.45) is 0 Å². The van der Waals surface area contributed by atoms with Crippen LogP contribution in [0.5, 0.6) is 11.5 Å². The topological polar surface area (TPSA) is 93.3 Å². The van der Waals surface area contributed by atoms with Gasteiger partial charge in [-0.3, -0.25) is 14.0 Å². The standard InChI is InChI=1S/C27H25ClF3N5O4S/c1-38-20-6-4-5-17(23(20)40-3)24-18-13-15(28)7-8-19(18)36-25(33-34-26(36)27(29,30)31)21(41-24)10-12-35-16(9-11-32-35)14-22(37)39-2/h4-9,11,13,21,24H,10,12,14H2,1-3H3/t21-,24-/m0/s1. The van der Waals surface area contributed by atoms with Crippen molar-refractivity contribution < 1.29 is 32.2 Å². The Morgan fingerprint density at radius 3 is 2.59 bits per heavy atom. The molecule has 0 radical (unpaired) electrons. The van der Waals surface area contributed by atoms with Crippen LogP contribution in [0.2, 0.25) is 5.02 Å². The van der Waals surface area contributed by atoms with Gasteiger partial charge in [-0.15, -0.1) is 22.0 Å². The third-order valence-corrected chi connectivity index (χ3v) is 8.51. The van der Waals surface area contributed by atoms with Gasteiger partial charge < -0.3 is 14.2 Å². The lowest BCUT2D eigenvalue weighted by atomic mass is 10.0. The number of methoxy groups -OCH3 is 3. The van der Waals surface area contributed by atoms with Crippen molar-refractivity contribution in [3.63, 3.8) is 0 Å². The van der Waals surface area contributed by atoms with Crippen LogP contribution in [0.4, 0.5) is 13.2 Å². The van der Waals surface area contributed by atoms with E-state index in [2.05, 4.69) is 15.3 Å². The van der Waals surface area contributed by atoms with Gasteiger partial charge in [0.15, 0.2) is 17.3 Å². The molecule has 1 aliphatic heterocycles. The van der Waals surface area contributed by atoms with E-state index in [-0.39, 0.29) is 17.9 Å². The Kier molecular flexibility index (Phi) is 8.18. The molecular formula is C27H25ClF3N5O4S. The number of hydrogen-bond donors (Lipinski definition) is 0. The Balaban J connectivity index is 1.65. The minimum atomic E-state index is -4.76.